The van der Waals surface area contributed by atoms with Gasteiger partial charge in [-0.05, 0) is 31.7 Å². The summed E-state index contributed by atoms with van der Waals surface area (Å²) in [5, 5.41) is 14.8. The Morgan fingerprint density at radius 3 is 2.90 bits per heavy atom. The molecule has 1 aromatic carbocycles. The van der Waals surface area contributed by atoms with Gasteiger partial charge in [0.25, 0.3) is 11.6 Å². The molecule has 1 aliphatic carbocycles. The zero-order valence-corrected chi connectivity index (χ0v) is 12.9. The summed E-state index contributed by atoms with van der Waals surface area (Å²) in [6, 6.07) is 4.75. The van der Waals surface area contributed by atoms with Crippen LogP contribution in [0.4, 0.5) is 5.69 Å². The lowest BCUT2D eigenvalue weighted by atomic mass is 10.0. The van der Waals surface area contributed by atoms with Gasteiger partial charge in [0.05, 0.1) is 4.92 Å². The third-order valence-corrected chi connectivity index (χ3v) is 4.67. The van der Waals surface area contributed by atoms with Gasteiger partial charge in [-0.25, -0.2) is 0 Å². The molecule has 0 bridgehead atoms. The number of aryl methyl sites for hydroxylation is 1. The molecule has 2 atom stereocenters. The fourth-order valence-corrected chi connectivity index (χ4v) is 3.39. The van der Waals surface area contributed by atoms with Gasteiger partial charge < -0.3 is 5.32 Å². The number of alkyl halides is 1. The fraction of sp³-hybridized carbons (Fsp3) is 0.500. The van der Waals surface area contributed by atoms with Crippen molar-refractivity contribution < 1.29 is 9.72 Å². The first-order valence-electron chi connectivity index (χ1n) is 6.64. The van der Waals surface area contributed by atoms with Crippen molar-refractivity contribution in [3.05, 3.63) is 39.4 Å². The van der Waals surface area contributed by atoms with Crippen LogP contribution in [0.2, 0.25) is 0 Å². The van der Waals surface area contributed by atoms with Crippen LogP contribution in [0, 0.1) is 23.0 Å². The summed E-state index contributed by atoms with van der Waals surface area (Å²) in [6.45, 7) is 1.66. The van der Waals surface area contributed by atoms with Gasteiger partial charge in [-0.3, -0.25) is 14.9 Å². The van der Waals surface area contributed by atoms with Crippen LogP contribution in [0.3, 0.4) is 0 Å². The summed E-state index contributed by atoms with van der Waals surface area (Å²) in [7, 11) is 0. The molecule has 0 aromatic heterocycles. The summed E-state index contributed by atoms with van der Waals surface area (Å²) < 4.78 is 0. The number of halogens is 1. The fourth-order valence-electron chi connectivity index (χ4n) is 2.61. The Kier molecular flexibility index (Phi) is 4.75. The highest BCUT2D eigenvalue weighted by molar-refractivity contribution is 9.09. The molecule has 1 fully saturated rings. The van der Waals surface area contributed by atoms with Gasteiger partial charge >= 0.3 is 0 Å². The monoisotopic (exact) mass is 340 g/mol. The second-order valence-corrected chi connectivity index (χ2v) is 5.83. The van der Waals surface area contributed by atoms with Crippen molar-refractivity contribution in [2.45, 2.75) is 32.2 Å². The molecule has 6 heteroatoms. The molecule has 5 nitrogen and oxygen atoms in total. The lowest BCUT2D eigenvalue weighted by Crippen LogP contribution is -2.37. The lowest BCUT2D eigenvalue weighted by molar-refractivity contribution is -0.385. The Balaban J connectivity index is 2.13. The van der Waals surface area contributed by atoms with Crippen molar-refractivity contribution in [3.63, 3.8) is 0 Å². The summed E-state index contributed by atoms with van der Waals surface area (Å²) in [4.78, 5) is 22.7. The van der Waals surface area contributed by atoms with E-state index in [1.54, 1.807) is 19.1 Å². The number of hydrogen-bond acceptors (Lipinski definition) is 3. The third kappa shape index (κ3) is 3.17. The SMILES string of the molecule is Cc1ccc(C(=O)NC2CCCC2CBr)cc1[N+](=O)[O-]. The molecule has 0 saturated heterocycles. The van der Waals surface area contributed by atoms with E-state index in [4.69, 9.17) is 0 Å². The van der Waals surface area contributed by atoms with E-state index in [1.807, 2.05) is 0 Å². The molecule has 1 N–H and O–H groups in total. The molecule has 1 amide bonds. The van der Waals surface area contributed by atoms with Crippen LogP contribution in [0.5, 0.6) is 0 Å². The number of hydrogen-bond donors (Lipinski definition) is 1. The highest BCUT2D eigenvalue weighted by Crippen LogP contribution is 2.27. The largest absolute Gasteiger partial charge is 0.349 e. The van der Waals surface area contributed by atoms with Gasteiger partial charge in [-0.2, -0.15) is 0 Å². The molecule has 108 valence electrons. The minimum absolute atomic E-state index is 0.0129. The molecule has 0 aliphatic heterocycles. The number of carbonyl (C=O) groups excluding carboxylic acids is 1. The van der Waals surface area contributed by atoms with Gasteiger partial charge in [0.1, 0.15) is 0 Å². The van der Waals surface area contributed by atoms with Crippen molar-refractivity contribution in [2.75, 3.05) is 5.33 Å². The van der Waals surface area contributed by atoms with Crippen LogP contribution in [-0.2, 0) is 0 Å². The second-order valence-electron chi connectivity index (χ2n) is 5.18. The van der Waals surface area contributed by atoms with E-state index in [2.05, 4.69) is 21.2 Å². The van der Waals surface area contributed by atoms with Crippen molar-refractivity contribution in [1.29, 1.82) is 0 Å². The standard InChI is InChI=1S/C14H17BrN2O3/c1-9-5-6-10(7-13(9)17(19)20)14(18)16-12-4-2-3-11(12)8-15/h5-7,11-12H,2-4,8H2,1H3,(H,16,18). The van der Waals surface area contributed by atoms with E-state index < -0.39 is 4.92 Å². The Labute approximate surface area is 126 Å². The molecule has 2 rings (SSSR count). The first-order valence-corrected chi connectivity index (χ1v) is 7.77. The quantitative estimate of drug-likeness (QED) is 0.519. The van der Waals surface area contributed by atoms with Gasteiger partial charge in [-0.1, -0.05) is 28.4 Å². The summed E-state index contributed by atoms with van der Waals surface area (Å²) in [6.07, 6.45) is 3.18. The summed E-state index contributed by atoms with van der Waals surface area (Å²) in [5.74, 6) is 0.213. The number of amides is 1. The normalized spacial score (nSPS) is 21.7. The van der Waals surface area contributed by atoms with Crippen LogP contribution in [-0.4, -0.2) is 22.2 Å². The van der Waals surface area contributed by atoms with E-state index in [-0.39, 0.29) is 17.6 Å². The summed E-state index contributed by atoms with van der Waals surface area (Å²) >= 11 is 3.46. The molecule has 2 unspecified atom stereocenters. The number of nitro groups is 1. The number of nitrogens with zero attached hydrogens (tertiary/aromatic N) is 1. The van der Waals surface area contributed by atoms with Gasteiger partial charge in [0.2, 0.25) is 0 Å². The van der Waals surface area contributed by atoms with Gasteiger partial charge in [0.15, 0.2) is 0 Å². The molecule has 20 heavy (non-hydrogen) atoms. The van der Waals surface area contributed by atoms with Crippen LogP contribution in [0.1, 0.15) is 35.2 Å². The molecular formula is C14H17BrN2O3. The van der Waals surface area contributed by atoms with Crippen molar-refractivity contribution in [1.82, 2.24) is 5.32 Å². The van der Waals surface area contributed by atoms with Crippen molar-refractivity contribution in [3.8, 4) is 0 Å². The molecule has 1 saturated carbocycles. The molecule has 0 heterocycles. The van der Waals surface area contributed by atoms with Gasteiger partial charge in [-0.15, -0.1) is 0 Å². The minimum Gasteiger partial charge on any atom is -0.349 e. The van der Waals surface area contributed by atoms with Crippen molar-refractivity contribution >= 4 is 27.5 Å². The molecule has 1 aromatic rings. The molecular weight excluding hydrogens is 324 g/mol. The smallest absolute Gasteiger partial charge is 0.273 e. The van der Waals surface area contributed by atoms with E-state index >= 15 is 0 Å². The van der Waals surface area contributed by atoms with Crippen LogP contribution in [0.25, 0.3) is 0 Å². The average Bonchev–Trinajstić information content (AvgIpc) is 2.86. The van der Waals surface area contributed by atoms with E-state index in [9.17, 15) is 14.9 Å². The van der Waals surface area contributed by atoms with E-state index in [0.29, 0.717) is 17.0 Å². The Bertz CT molecular complexity index is 533. The number of carbonyl (C=O) groups is 1. The number of nitrogens with one attached hydrogen (secondary N) is 1. The number of benzene rings is 1. The minimum atomic E-state index is -0.455. The number of rotatable bonds is 4. The topological polar surface area (TPSA) is 72.2 Å². The second kappa shape index (κ2) is 6.35. The van der Waals surface area contributed by atoms with Crippen LogP contribution in [0.15, 0.2) is 18.2 Å². The van der Waals surface area contributed by atoms with Gasteiger partial charge in [0, 0.05) is 28.6 Å². The zero-order chi connectivity index (χ0) is 14.7. The van der Waals surface area contributed by atoms with Crippen LogP contribution >= 0.6 is 15.9 Å². The Morgan fingerprint density at radius 1 is 1.50 bits per heavy atom. The molecule has 1 aliphatic rings. The maximum absolute atomic E-state index is 12.2. The third-order valence-electron chi connectivity index (χ3n) is 3.84. The lowest BCUT2D eigenvalue weighted by Gasteiger charge is -2.19. The number of nitro benzene ring substituents is 1. The molecule has 0 radical (unpaired) electrons. The zero-order valence-electron chi connectivity index (χ0n) is 11.3. The average molecular weight is 341 g/mol. The maximum Gasteiger partial charge on any atom is 0.273 e. The Morgan fingerprint density at radius 2 is 2.25 bits per heavy atom. The van der Waals surface area contributed by atoms with Crippen LogP contribution < -0.4 is 5.32 Å². The predicted molar refractivity (Wildman–Crippen MR) is 80.2 cm³/mol. The Hall–Kier alpha value is -1.43. The highest BCUT2D eigenvalue weighted by atomic mass is 79.9. The first-order chi connectivity index (χ1) is 9.52. The first kappa shape index (κ1) is 15.0. The van der Waals surface area contributed by atoms with Crippen molar-refractivity contribution in [2.24, 2.45) is 5.92 Å². The van der Waals surface area contributed by atoms with E-state index in [1.165, 1.54) is 6.07 Å². The predicted octanol–water partition coefficient (Wildman–Crippen LogP) is 3.20. The maximum atomic E-state index is 12.2. The highest BCUT2D eigenvalue weighted by Gasteiger charge is 2.28. The summed E-state index contributed by atoms with van der Waals surface area (Å²) in [5.41, 5.74) is 0.898. The molecule has 0 spiro atoms. The van der Waals surface area contributed by atoms with E-state index in [0.717, 1.165) is 24.6 Å².